The fourth-order valence-electron chi connectivity index (χ4n) is 1.48. The van der Waals surface area contributed by atoms with Crippen LogP contribution in [-0.4, -0.2) is 24.5 Å². The van der Waals surface area contributed by atoms with E-state index in [1.807, 2.05) is 44.9 Å². The Morgan fingerprint density at radius 2 is 1.76 bits per heavy atom. The van der Waals surface area contributed by atoms with Crippen LogP contribution in [0.25, 0.3) is 0 Å². The zero-order chi connectivity index (χ0) is 13.1. The second-order valence-electron chi connectivity index (χ2n) is 5.36. The summed E-state index contributed by atoms with van der Waals surface area (Å²) in [7, 11) is 1.95. The van der Waals surface area contributed by atoms with E-state index in [1.54, 1.807) is 12.1 Å². The molecule has 0 spiro atoms. The number of phenolic OH excluding ortho intramolecular Hbond substituents is 1. The van der Waals surface area contributed by atoms with Crippen LogP contribution in [-0.2, 0) is 4.79 Å². The zero-order valence-electron chi connectivity index (χ0n) is 11.0. The van der Waals surface area contributed by atoms with Crippen molar-refractivity contribution >= 4 is 11.5 Å². The molecule has 94 valence electrons. The molecule has 1 aromatic rings. The van der Waals surface area contributed by atoms with E-state index < -0.39 is 0 Å². The van der Waals surface area contributed by atoms with E-state index >= 15 is 0 Å². The molecule has 0 fully saturated rings. The molecular formula is C14H21NO2. The molecule has 0 amide bonds. The molecule has 0 saturated carbocycles. The lowest BCUT2D eigenvalue weighted by atomic mass is 9.89. The Bertz CT molecular complexity index is 376. The fraction of sp³-hybridized carbons (Fsp3) is 0.500. The Kier molecular flexibility index (Phi) is 4.16. The van der Waals surface area contributed by atoms with Gasteiger partial charge in [0.05, 0.1) is 0 Å². The number of aromatic hydroxyl groups is 1. The largest absolute Gasteiger partial charge is 0.508 e. The highest BCUT2D eigenvalue weighted by Gasteiger charge is 2.20. The molecule has 0 atom stereocenters. The van der Waals surface area contributed by atoms with Gasteiger partial charge in [0.1, 0.15) is 11.5 Å². The Balaban J connectivity index is 2.53. The molecule has 0 aliphatic heterocycles. The molecule has 1 aromatic carbocycles. The first-order valence-corrected chi connectivity index (χ1v) is 5.84. The summed E-state index contributed by atoms with van der Waals surface area (Å²) < 4.78 is 0. The van der Waals surface area contributed by atoms with E-state index in [1.165, 1.54) is 0 Å². The molecule has 0 heterocycles. The Hall–Kier alpha value is -1.51. The van der Waals surface area contributed by atoms with Crippen molar-refractivity contribution in [3.63, 3.8) is 0 Å². The summed E-state index contributed by atoms with van der Waals surface area (Å²) >= 11 is 0. The summed E-state index contributed by atoms with van der Waals surface area (Å²) in [6.45, 7) is 6.52. The summed E-state index contributed by atoms with van der Waals surface area (Å²) in [6.07, 6.45) is 0.543. The van der Waals surface area contributed by atoms with Crippen molar-refractivity contribution in [1.29, 1.82) is 0 Å². The smallest absolute Gasteiger partial charge is 0.139 e. The Morgan fingerprint density at radius 3 is 2.24 bits per heavy atom. The molecule has 0 unspecified atom stereocenters. The Labute approximate surface area is 103 Å². The molecular weight excluding hydrogens is 214 g/mol. The van der Waals surface area contributed by atoms with Gasteiger partial charge >= 0.3 is 0 Å². The molecule has 1 N–H and O–H groups in total. The maximum atomic E-state index is 11.8. The van der Waals surface area contributed by atoms with Crippen LogP contribution in [0.3, 0.4) is 0 Å². The number of phenols is 1. The van der Waals surface area contributed by atoms with Gasteiger partial charge in [-0.05, 0) is 24.3 Å². The maximum Gasteiger partial charge on any atom is 0.139 e. The molecule has 0 radical (unpaired) electrons. The number of Topliss-reactive ketones (excluding diaryl/α,β-unsaturated/α-hetero) is 1. The topological polar surface area (TPSA) is 40.5 Å². The van der Waals surface area contributed by atoms with Gasteiger partial charge in [0.25, 0.3) is 0 Å². The van der Waals surface area contributed by atoms with Gasteiger partial charge in [0, 0.05) is 31.1 Å². The van der Waals surface area contributed by atoms with Gasteiger partial charge in [-0.1, -0.05) is 20.8 Å². The molecule has 3 nitrogen and oxygen atoms in total. The quantitative estimate of drug-likeness (QED) is 0.872. The highest BCUT2D eigenvalue weighted by atomic mass is 16.3. The van der Waals surface area contributed by atoms with Crippen molar-refractivity contribution in [2.45, 2.75) is 27.2 Å². The minimum atomic E-state index is -0.268. The molecule has 0 saturated heterocycles. The number of benzene rings is 1. The predicted octanol–water partition coefficient (Wildman–Crippen LogP) is 2.83. The lowest BCUT2D eigenvalue weighted by Gasteiger charge is -2.22. The molecule has 0 aliphatic carbocycles. The monoisotopic (exact) mass is 235 g/mol. The SMILES string of the molecule is CN(CCC(=O)C(C)(C)C)c1ccc(O)cc1. The standard InChI is InChI=1S/C14H21NO2/c1-14(2,3)13(17)9-10-15(4)11-5-7-12(16)8-6-11/h5-8,16H,9-10H2,1-4H3. The molecule has 0 bridgehead atoms. The summed E-state index contributed by atoms with van der Waals surface area (Å²) in [4.78, 5) is 13.8. The van der Waals surface area contributed by atoms with Crippen molar-refractivity contribution in [2.75, 3.05) is 18.5 Å². The molecule has 0 aromatic heterocycles. The first-order valence-electron chi connectivity index (χ1n) is 5.84. The van der Waals surface area contributed by atoms with Crippen LogP contribution in [0.2, 0.25) is 0 Å². The second kappa shape index (κ2) is 5.21. The molecule has 3 heteroatoms. The van der Waals surface area contributed by atoms with Crippen LogP contribution >= 0.6 is 0 Å². The van der Waals surface area contributed by atoms with E-state index in [0.717, 1.165) is 5.69 Å². The van der Waals surface area contributed by atoms with Crippen LogP contribution in [0.15, 0.2) is 24.3 Å². The number of ketones is 1. The number of hydrogen-bond acceptors (Lipinski definition) is 3. The van der Waals surface area contributed by atoms with Crippen molar-refractivity contribution in [2.24, 2.45) is 5.41 Å². The van der Waals surface area contributed by atoms with E-state index in [-0.39, 0.29) is 16.9 Å². The lowest BCUT2D eigenvalue weighted by molar-refractivity contribution is -0.126. The van der Waals surface area contributed by atoms with Gasteiger partial charge < -0.3 is 10.0 Å². The normalized spacial score (nSPS) is 11.3. The van der Waals surface area contributed by atoms with E-state index in [0.29, 0.717) is 13.0 Å². The van der Waals surface area contributed by atoms with Crippen LogP contribution in [0.4, 0.5) is 5.69 Å². The van der Waals surface area contributed by atoms with E-state index in [2.05, 4.69) is 0 Å². The minimum absolute atomic E-state index is 0.257. The lowest BCUT2D eigenvalue weighted by Crippen LogP contribution is -2.27. The van der Waals surface area contributed by atoms with Gasteiger partial charge in [-0.3, -0.25) is 4.79 Å². The summed E-state index contributed by atoms with van der Waals surface area (Å²) in [5, 5.41) is 9.19. The first-order chi connectivity index (χ1) is 7.80. The van der Waals surface area contributed by atoms with Crippen molar-refractivity contribution in [3.8, 4) is 5.75 Å². The van der Waals surface area contributed by atoms with E-state index in [9.17, 15) is 9.90 Å². The highest BCUT2D eigenvalue weighted by Crippen LogP contribution is 2.20. The van der Waals surface area contributed by atoms with Gasteiger partial charge in [-0.25, -0.2) is 0 Å². The molecule has 1 rings (SSSR count). The average Bonchev–Trinajstić information content (AvgIpc) is 2.25. The van der Waals surface area contributed by atoms with E-state index in [4.69, 9.17) is 0 Å². The third-order valence-corrected chi connectivity index (χ3v) is 2.80. The number of hydrogen-bond donors (Lipinski definition) is 1. The predicted molar refractivity (Wildman–Crippen MR) is 70.5 cm³/mol. The van der Waals surface area contributed by atoms with Crippen molar-refractivity contribution < 1.29 is 9.90 Å². The number of carbonyl (C=O) groups is 1. The number of rotatable bonds is 4. The second-order valence-corrected chi connectivity index (χ2v) is 5.36. The summed E-state index contributed by atoms with van der Waals surface area (Å²) in [5.41, 5.74) is 0.736. The third kappa shape index (κ3) is 4.10. The minimum Gasteiger partial charge on any atom is -0.508 e. The third-order valence-electron chi connectivity index (χ3n) is 2.80. The molecule has 17 heavy (non-hydrogen) atoms. The maximum absolute atomic E-state index is 11.8. The van der Waals surface area contributed by atoms with Crippen molar-refractivity contribution in [3.05, 3.63) is 24.3 Å². The van der Waals surface area contributed by atoms with Gasteiger partial charge in [-0.2, -0.15) is 0 Å². The summed E-state index contributed by atoms with van der Waals surface area (Å²) in [6, 6.07) is 6.99. The zero-order valence-corrected chi connectivity index (χ0v) is 11.0. The van der Waals surface area contributed by atoms with Crippen LogP contribution in [0.1, 0.15) is 27.2 Å². The van der Waals surface area contributed by atoms with Gasteiger partial charge in [-0.15, -0.1) is 0 Å². The van der Waals surface area contributed by atoms with Gasteiger partial charge in [0.15, 0.2) is 0 Å². The number of nitrogens with zero attached hydrogens (tertiary/aromatic N) is 1. The molecule has 0 aliphatic rings. The summed E-state index contributed by atoms with van der Waals surface area (Å²) in [5.74, 6) is 0.524. The number of anilines is 1. The average molecular weight is 235 g/mol. The van der Waals surface area contributed by atoms with Crippen LogP contribution < -0.4 is 4.90 Å². The van der Waals surface area contributed by atoms with Crippen molar-refractivity contribution in [1.82, 2.24) is 0 Å². The van der Waals surface area contributed by atoms with Gasteiger partial charge in [0.2, 0.25) is 0 Å². The van der Waals surface area contributed by atoms with Crippen LogP contribution in [0.5, 0.6) is 5.75 Å². The Morgan fingerprint density at radius 1 is 1.24 bits per heavy atom. The fourth-order valence-corrected chi connectivity index (χ4v) is 1.48. The number of carbonyl (C=O) groups excluding carboxylic acids is 1. The highest BCUT2D eigenvalue weighted by molar-refractivity contribution is 5.84. The van der Waals surface area contributed by atoms with Crippen LogP contribution in [0, 0.1) is 5.41 Å². The first kappa shape index (κ1) is 13.6.